The van der Waals surface area contributed by atoms with E-state index in [2.05, 4.69) is 16.1 Å². The molecule has 0 saturated heterocycles. The lowest BCUT2D eigenvalue weighted by molar-refractivity contribution is -0.120. The van der Waals surface area contributed by atoms with Gasteiger partial charge in [-0.15, -0.1) is 0 Å². The van der Waals surface area contributed by atoms with E-state index in [1.165, 1.54) is 0 Å². The number of rotatable bonds is 7. The van der Waals surface area contributed by atoms with Crippen molar-refractivity contribution in [1.29, 1.82) is 0 Å². The molecular formula is C20H23N3O3. The van der Waals surface area contributed by atoms with Crippen LogP contribution in [-0.2, 0) is 11.3 Å². The number of carbonyl (C=O) groups excluding carboxylic acids is 1. The number of benzene rings is 2. The van der Waals surface area contributed by atoms with Crippen LogP contribution in [-0.4, -0.2) is 24.1 Å². The number of phenols is 1. The van der Waals surface area contributed by atoms with Crippen molar-refractivity contribution < 1.29 is 14.7 Å². The van der Waals surface area contributed by atoms with Crippen LogP contribution < -0.4 is 21.0 Å². The van der Waals surface area contributed by atoms with Crippen molar-refractivity contribution in [3.63, 3.8) is 0 Å². The van der Waals surface area contributed by atoms with E-state index in [0.29, 0.717) is 25.3 Å². The highest BCUT2D eigenvalue weighted by Crippen LogP contribution is 2.34. The van der Waals surface area contributed by atoms with Gasteiger partial charge in [0.05, 0.1) is 12.2 Å². The minimum atomic E-state index is -0.0473. The first kappa shape index (κ1) is 17.8. The summed E-state index contributed by atoms with van der Waals surface area (Å²) in [6.45, 7) is 3.40. The molecule has 0 atom stereocenters. The Morgan fingerprint density at radius 2 is 2.00 bits per heavy atom. The topological polar surface area (TPSA) is 82.6 Å². The predicted octanol–water partition coefficient (Wildman–Crippen LogP) is 2.32. The molecule has 1 aliphatic heterocycles. The fourth-order valence-corrected chi connectivity index (χ4v) is 2.80. The van der Waals surface area contributed by atoms with Crippen molar-refractivity contribution in [3.05, 3.63) is 65.4 Å². The van der Waals surface area contributed by atoms with E-state index < -0.39 is 0 Å². The Balaban J connectivity index is 1.44. The third-order valence-electron chi connectivity index (χ3n) is 4.26. The number of phenolic OH excluding ortho intramolecular Hbond substituents is 1. The molecule has 2 aromatic carbocycles. The zero-order chi connectivity index (χ0) is 18.4. The Morgan fingerprint density at radius 3 is 2.81 bits per heavy atom. The van der Waals surface area contributed by atoms with Gasteiger partial charge in [-0.3, -0.25) is 4.79 Å². The maximum Gasteiger partial charge on any atom is 0.233 e. The lowest BCUT2D eigenvalue weighted by Gasteiger charge is -2.23. The van der Waals surface area contributed by atoms with Crippen molar-refractivity contribution >= 4 is 11.5 Å². The summed E-state index contributed by atoms with van der Waals surface area (Å²) >= 11 is 0. The number of aromatic hydroxyl groups is 1. The largest absolute Gasteiger partial charge is 0.508 e. The SMILES string of the molecule is CC1=C(CCNC(=O)CNCc2ccccc2)NOc2ccc(O)cc21. The Bertz CT molecular complexity index is 803. The molecule has 1 heterocycles. The van der Waals surface area contributed by atoms with Crippen LogP contribution in [0.25, 0.3) is 5.57 Å². The first-order valence-corrected chi connectivity index (χ1v) is 8.61. The number of allylic oxidation sites excluding steroid dienone is 1. The summed E-state index contributed by atoms with van der Waals surface area (Å²) in [5.41, 5.74) is 6.80. The molecule has 26 heavy (non-hydrogen) atoms. The van der Waals surface area contributed by atoms with Crippen LogP contribution in [0.4, 0.5) is 0 Å². The highest BCUT2D eigenvalue weighted by atomic mass is 16.6. The van der Waals surface area contributed by atoms with E-state index in [0.717, 1.165) is 22.4 Å². The Hall–Kier alpha value is -2.99. The van der Waals surface area contributed by atoms with Crippen molar-refractivity contribution in [2.45, 2.75) is 19.9 Å². The van der Waals surface area contributed by atoms with Gasteiger partial charge >= 0.3 is 0 Å². The molecule has 0 spiro atoms. The van der Waals surface area contributed by atoms with Gasteiger partial charge < -0.3 is 20.6 Å². The fourth-order valence-electron chi connectivity index (χ4n) is 2.80. The van der Waals surface area contributed by atoms with E-state index >= 15 is 0 Å². The molecule has 0 aromatic heterocycles. The molecule has 2 aromatic rings. The second-order valence-electron chi connectivity index (χ2n) is 6.18. The second-order valence-corrected chi connectivity index (χ2v) is 6.18. The van der Waals surface area contributed by atoms with E-state index in [-0.39, 0.29) is 18.2 Å². The van der Waals surface area contributed by atoms with Gasteiger partial charge in [0.1, 0.15) is 5.75 Å². The van der Waals surface area contributed by atoms with Crippen molar-refractivity contribution in [2.24, 2.45) is 0 Å². The van der Waals surface area contributed by atoms with Crippen LogP contribution >= 0.6 is 0 Å². The van der Waals surface area contributed by atoms with Gasteiger partial charge in [-0.1, -0.05) is 30.3 Å². The number of nitrogens with one attached hydrogen (secondary N) is 3. The summed E-state index contributed by atoms with van der Waals surface area (Å²) in [7, 11) is 0. The van der Waals surface area contributed by atoms with Gasteiger partial charge in [-0.25, -0.2) is 5.48 Å². The van der Waals surface area contributed by atoms with Gasteiger partial charge in [-0.05, 0) is 36.3 Å². The molecule has 6 nitrogen and oxygen atoms in total. The number of amides is 1. The summed E-state index contributed by atoms with van der Waals surface area (Å²) in [5, 5.41) is 15.7. The molecule has 1 aliphatic rings. The minimum absolute atomic E-state index is 0.0473. The Labute approximate surface area is 152 Å². The number of hydroxylamine groups is 1. The zero-order valence-corrected chi connectivity index (χ0v) is 14.7. The molecule has 3 rings (SSSR count). The Kier molecular flexibility index (Phi) is 5.76. The first-order chi connectivity index (χ1) is 12.6. The molecule has 0 fully saturated rings. The lowest BCUT2D eigenvalue weighted by atomic mass is 10.0. The molecule has 1 amide bonds. The molecule has 0 aliphatic carbocycles. The van der Waals surface area contributed by atoms with Crippen molar-refractivity contribution in [1.82, 2.24) is 16.1 Å². The van der Waals surface area contributed by atoms with Gasteiger partial charge in [0, 0.05) is 25.1 Å². The summed E-state index contributed by atoms with van der Waals surface area (Å²) < 4.78 is 0. The van der Waals surface area contributed by atoms with Crippen LogP contribution in [0.15, 0.2) is 54.2 Å². The molecule has 0 saturated carbocycles. The van der Waals surface area contributed by atoms with Crippen LogP contribution in [0.5, 0.6) is 11.5 Å². The summed E-state index contributed by atoms with van der Waals surface area (Å²) in [6.07, 6.45) is 0.616. The Morgan fingerprint density at radius 1 is 1.19 bits per heavy atom. The molecule has 0 radical (unpaired) electrons. The first-order valence-electron chi connectivity index (χ1n) is 8.61. The fraction of sp³-hybridized carbons (Fsp3) is 0.250. The minimum Gasteiger partial charge on any atom is -0.508 e. The van der Waals surface area contributed by atoms with Gasteiger partial charge in [0.2, 0.25) is 5.91 Å². The average molecular weight is 353 g/mol. The summed E-state index contributed by atoms with van der Waals surface area (Å²) in [4.78, 5) is 17.4. The number of hydrogen-bond donors (Lipinski definition) is 4. The van der Waals surface area contributed by atoms with Crippen LogP contribution in [0.3, 0.4) is 0 Å². The standard InChI is InChI=1S/C20H23N3O3/c1-14-17-11-16(24)7-8-19(17)26-23-18(14)9-10-22-20(25)13-21-12-15-5-3-2-4-6-15/h2-8,11,21,23-24H,9-10,12-13H2,1H3,(H,22,25). The number of hydrogen-bond acceptors (Lipinski definition) is 5. The van der Waals surface area contributed by atoms with Crippen molar-refractivity contribution in [3.8, 4) is 11.5 Å². The monoisotopic (exact) mass is 353 g/mol. The highest BCUT2D eigenvalue weighted by molar-refractivity contribution is 5.78. The third-order valence-corrected chi connectivity index (χ3v) is 4.26. The molecular weight excluding hydrogens is 330 g/mol. The van der Waals surface area contributed by atoms with Gasteiger partial charge in [-0.2, -0.15) is 0 Å². The maximum absolute atomic E-state index is 11.9. The van der Waals surface area contributed by atoms with Crippen LogP contribution in [0.1, 0.15) is 24.5 Å². The normalized spacial score (nSPS) is 12.8. The highest BCUT2D eigenvalue weighted by Gasteiger charge is 2.17. The number of carbonyl (C=O) groups is 1. The molecule has 0 unspecified atom stereocenters. The lowest BCUT2D eigenvalue weighted by Crippen LogP contribution is -2.35. The molecule has 6 heteroatoms. The van der Waals surface area contributed by atoms with Crippen LogP contribution in [0.2, 0.25) is 0 Å². The van der Waals surface area contributed by atoms with E-state index in [4.69, 9.17) is 4.84 Å². The zero-order valence-electron chi connectivity index (χ0n) is 14.7. The van der Waals surface area contributed by atoms with E-state index in [1.807, 2.05) is 37.3 Å². The van der Waals surface area contributed by atoms with E-state index in [1.54, 1.807) is 18.2 Å². The summed E-state index contributed by atoms with van der Waals surface area (Å²) in [6, 6.07) is 14.9. The van der Waals surface area contributed by atoms with E-state index in [9.17, 15) is 9.90 Å². The number of fused-ring (bicyclic) bond motifs is 1. The quantitative estimate of drug-likeness (QED) is 0.614. The molecule has 4 N–H and O–H groups in total. The van der Waals surface area contributed by atoms with Crippen LogP contribution in [0, 0.1) is 0 Å². The molecule has 0 bridgehead atoms. The second kappa shape index (κ2) is 8.40. The van der Waals surface area contributed by atoms with Crippen molar-refractivity contribution in [2.75, 3.05) is 13.1 Å². The van der Waals surface area contributed by atoms with Gasteiger partial charge in [0.15, 0.2) is 5.75 Å². The predicted molar refractivity (Wildman–Crippen MR) is 100 cm³/mol. The third kappa shape index (κ3) is 4.55. The summed E-state index contributed by atoms with van der Waals surface area (Å²) in [5.74, 6) is 0.831. The maximum atomic E-state index is 11.9. The average Bonchev–Trinajstić information content (AvgIpc) is 2.65. The smallest absolute Gasteiger partial charge is 0.233 e. The van der Waals surface area contributed by atoms with Gasteiger partial charge in [0.25, 0.3) is 0 Å². The molecule has 136 valence electrons.